The SMILES string of the molecule is Cc1ccc(C#Cc2ccc(C#Cc3ccc(I)cc3)c(C3=CCCCC3)c2F)cc1. The number of hydrogen-bond acceptors (Lipinski definition) is 0. The fourth-order valence-corrected chi connectivity index (χ4v) is 3.96. The van der Waals surface area contributed by atoms with E-state index in [1.54, 1.807) is 6.07 Å². The van der Waals surface area contributed by atoms with Gasteiger partial charge in [0.15, 0.2) is 0 Å². The van der Waals surface area contributed by atoms with Crippen LogP contribution in [-0.2, 0) is 0 Å². The second-order valence-electron chi connectivity index (χ2n) is 7.70. The van der Waals surface area contributed by atoms with Crippen LogP contribution in [0.4, 0.5) is 4.39 Å². The van der Waals surface area contributed by atoms with Crippen LogP contribution in [0.5, 0.6) is 0 Å². The molecule has 4 rings (SSSR count). The van der Waals surface area contributed by atoms with E-state index in [1.165, 1.54) is 9.13 Å². The lowest BCUT2D eigenvalue weighted by Crippen LogP contribution is -2.01. The van der Waals surface area contributed by atoms with E-state index in [2.05, 4.69) is 52.3 Å². The summed E-state index contributed by atoms with van der Waals surface area (Å²) >= 11 is 2.27. The number of allylic oxidation sites excluding steroid dienone is 2. The van der Waals surface area contributed by atoms with Gasteiger partial charge in [-0.3, -0.25) is 0 Å². The number of benzene rings is 3. The topological polar surface area (TPSA) is 0 Å². The fraction of sp³-hybridized carbons (Fsp3) is 0.172. The van der Waals surface area contributed by atoms with Crippen LogP contribution < -0.4 is 0 Å². The third-order valence-electron chi connectivity index (χ3n) is 5.33. The van der Waals surface area contributed by atoms with Crippen molar-refractivity contribution in [3.05, 3.63) is 110 Å². The zero-order chi connectivity index (χ0) is 21.6. The van der Waals surface area contributed by atoms with Crippen LogP contribution in [0, 0.1) is 40.0 Å². The molecule has 0 aliphatic heterocycles. The molecule has 0 aromatic heterocycles. The number of halogens is 2. The Morgan fingerprint density at radius 3 is 2.00 bits per heavy atom. The van der Waals surface area contributed by atoms with Crippen LogP contribution in [0.15, 0.2) is 66.7 Å². The molecular weight excluding hydrogens is 494 g/mol. The Balaban J connectivity index is 1.76. The average Bonchev–Trinajstić information content (AvgIpc) is 2.80. The van der Waals surface area contributed by atoms with E-state index in [0.717, 1.165) is 47.9 Å². The van der Waals surface area contributed by atoms with Crippen molar-refractivity contribution in [1.29, 1.82) is 0 Å². The van der Waals surface area contributed by atoms with E-state index >= 15 is 4.39 Å². The molecule has 0 saturated carbocycles. The maximum absolute atomic E-state index is 15.7. The molecule has 0 bridgehead atoms. The van der Waals surface area contributed by atoms with Crippen molar-refractivity contribution in [2.75, 3.05) is 0 Å². The van der Waals surface area contributed by atoms with E-state index in [-0.39, 0.29) is 5.82 Å². The van der Waals surface area contributed by atoms with Crippen LogP contribution in [0.1, 0.15) is 59.1 Å². The summed E-state index contributed by atoms with van der Waals surface area (Å²) in [7, 11) is 0. The lowest BCUT2D eigenvalue weighted by atomic mass is 9.89. The van der Waals surface area contributed by atoms with Gasteiger partial charge in [-0.2, -0.15) is 0 Å². The summed E-state index contributed by atoms with van der Waals surface area (Å²) in [4.78, 5) is 0. The molecule has 0 unspecified atom stereocenters. The highest BCUT2D eigenvalue weighted by molar-refractivity contribution is 14.1. The third kappa shape index (κ3) is 5.46. The van der Waals surface area contributed by atoms with Gasteiger partial charge < -0.3 is 0 Å². The van der Waals surface area contributed by atoms with Crippen LogP contribution >= 0.6 is 22.6 Å². The highest BCUT2D eigenvalue weighted by Crippen LogP contribution is 2.32. The summed E-state index contributed by atoms with van der Waals surface area (Å²) in [5.41, 5.74) is 5.80. The molecule has 0 radical (unpaired) electrons. The first-order chi connectivity index (χ1) is 15.1. The number of rotatable bonds is 1. The summed E-state index contributed by atoms with van der Waals surface area (Å²) in [6, 6.07) is 19.7. The van der Waals surface area contributed by atoms with Gasteiger partial charge in [0, 0.05) is 25.8 Å². The van der Waals surface area contributed by atoms with Crippen LogP contribution in [-0.4, -0.2) is 0 Å². The minimum absolute atomic E-state index is 0.262. The average molecular weight is 516 g/mol. The molecule has 0 nitrogen and oxygen atoms in total. The largest absolute Gasteiger partial charge is 0.205 e. The molecule has 2 heteroatoms. The predicted molar refractivity (Wildman–Crippen MR) is 135 cm³/mol. The Morgan fingerprint density at radius 1 is 0.742 bits per heavy atom. The molecule has 0 amide bonds. The Hall–Kier alpha value is -2.82. The fourth-order valence-electron chi connectivity index (χ4n) is 3.61. The Bertz CT molecular complexity index is 1240. The lowest BCUT2D eigenvalue weighted by Gasteiger charge is -2.16. The van der Waals surface area contributed by atoms with E-state index in [4.69, 9.17) is 0 Å². The maximum atomic E-state index is 15.7. The van der Waals surface area contributed by atoms with Gasteiger partial charge in [-0.05, 0) is 109 Å². The molecule has 0 atom stereocenters. The standard InChI is InChI=1S/C29H22FI/c1-21-7-9-22(10-8-21)12-16-26-18-17-25(15-11-23-13-19-27(31)20-14-23)28(29(26)30)24-5-3-2-4-6-24/h5,7-10,13-14,17-20H,2-4,6H2,1H3. The van der Waals surface area contributed by atoms with E-state index in [9.17, 15) is 0 Å². The van der Waals surface area contributed by atoms with Gasteiger partial charge in [0.2, 0.25) is 0 Å². The Morgan fingerprint density at radius 2 is 1.35 bits per heavy atom. The molecule has 0 saturated heterocycles. The van der Waals surface area contributed by atoms with Crippen molar-refractivity contribution < 1.29 is 4.39 Å². The maximum Gasteiger partial charge on any atom is 0.147 e. The third-order valence-corrected chi connectivity index (χ3v) is 6.05. The van der Waals surface area contributed by atoms with Crippen molar-refractivity contribution in [2.45, 2.75) is 32.6 Å². The quantitative estimate of drug-likeness (QED) is 0.232. The first-order valence-electron chi connectivity index (χ1n) is 10.5. The molecule has 3 aromatic rings. The number of hydrogen-bond donors (Lipinski definition) is 0. The molecule has 1 aliphatic rings. The van der Waals surface area contributed by atoms with Crippen LogP contribution in [0.2, 0.25) is 0 Å². The molecule has 31 heavy (non-hydrogen) atoms. The van der Waals surface area contributed by atoms with Crippen molar-refractivity contribution in [3.8, 4) is 23.7 Å². The Labute approximate surface area is 197 Å². The van der Waals surface area contributed by atoms with Gasteiger partial charge in [-0.1, -0.05) is 47.5 Å². The first-order valence-corrected chi connectivity index (χ1v) is 11.6. The lowest BCUT2D eigenvalue weighted by molar-refractivity contribution is 0.616. The second kappa shape index (κ2) is 9.99. The van der Waals surface area contributed by atoms with Gasteiger partial charge in [0.1, 0.15) is 5.82 Å². The molecule has 0 spiro atoms. The molecular formula is C29H22FI. The zero-order valence-electron chi connectivity index (χ0n) is 17.4. The Kier molecular flexibility index (Phi) is 6.90. The van der Waals surface area contributed by atoms with Gasteiger partial charge in [-0.25, -0.2) is 4.39 Å². The van der Waals surface area contributed by atoms with Gasteiger partial charge >= 0.3 is 0 Å². The minimum Gasteiger partial charge on any atom is -0.205 e. The van der Waals surface area contributed by atoms with Crippen molar-refractivity contribution >= 4 is 28.2 Å². The molecule has 0 heterocycles. The minimum atomic E-state index is -0.262. The van der Waals surface area contributed by atoms with Crippen molar-refractivity contribution in [1.82, 2.24) is 0 Å². The molecule has 0 N–H and O–H groups in total. The molecule has 1 aliphatic carbocycles. The number of aryl methyl sites for hydroxylation is 1. The van der Waals surface area contributed by atoms with E-state index in [1.807, 2.05) is 61.5 Å². The smallest absolute Gasteiger partial charge is 0.147 e. The highest BCUT2D eigenvalue weighted by Gasteiger charge is 2.17. The van der Waals surface area contributed by atoms with E-state index in [0.29, 0.717) is 11.1 Å². The molecule has 152 valence electrons. The van der Waals surface area contributed by atoms with E-state index < -0.39 is 0 Å². The summed E-state index contributed by atoms with van der Waals surface area (Å²) in [5, 5.41) is 0. The van der Waals surface area contributed by atoms with Gasteiger partial charge in [0.05, 0.1) is 5.56 Å². The summed E-state index contributed by atoms with van der Waals surface area (Å²) in [5.74, 6) is 12.3. The first kappa shape index (κ1) is 21.4. The van der Waals surface area contributed by atoms with Gasteiger partial charge in [0.25, 0.3) is 0 Å². The predicted octanol–water partition coefficient (Wildman–Crippen LogP) is 7.50. The van der Waals surface area contributed by atoms with Crippen molar-refractivity contribution in [3.63, 3.8) is 0 Å². The molecule has 0 fully saturated rings. The zero-order valence-corrected chi connectivity index (χ0v) is 19.6. The van der Waals surface area contributed by atoms with Crippen LogP contribution in [0.25, 0.3) is 5.57 Å². The highest BCUT2D eigenvalue weighted by atomic mass is 127. The summed E-state index contributed by atoms with van der Waals surface area (Å²) < 4.78 is 16.8. The monoisotopic (exact) mass is 516 g/mol. The normalized spacial score (nSPS) is 12.8. The summed E-state index contributed by atoms with van der Waals surface area (Å²) in [6.45, 7) is 2.04. The second-order valence-corrected chi connectivity index (χ2v) is 8.94. The molecule has 3 aromatic carbocycles. The van der Waals surface area contributed by atoms with Crippen molar-refractivity contribution in [2.24, 2.45) is 0 Å². The summed E-state index contributed by atoms with van der Waals surface area (Å²) in [6.07, 6.45) is 6.26. The van der Waals surface area contributed by atoms with Crippen LogP contribution in [0.3, 0.4) is 0 Å². The van der Waals surface area contributed by atoms with Gasteiger partial charge in [-0.15, -0.1) is 0 Å².